The molecule has 0 N–H and O–H groups in total. The highest BCUT2D eigenvalue weighted by atomic mass is 19.1. The number of ether oxygens (including phenoxy) is 4. The minimum Gasteiger partial charge on any atom is -0.493 e. The van der Waals surface area contributed by atoms with E-state index in [9.17, 15) is 14.0 Å². The summed E-state index contributed by atoms with van der Waals surface area (Å²) in [5, 5.41) is 0. The van der Waals surface area contributed by atoms with Gasteiger partial charge in [-0.1, -0.05) is 18.2 Å². The van der Waals surface area contributed by atoms with Crippen LogP contribution in [0.3, 0.4) is 0 Å². The van der Waals surface area contributed by atoms with E-state index in [1.165, 1.54) is 38.5 Å². The highest BCUT2D eigenvalue weighted by molar-refractivity contribution is 6.15. The molecule has 0 atom stereocenters. The Morgan fingerprint density at radius 1 is 1.00 bits per heavy atom. The monoisotopic (exact) mass is 434 g/mol. The number of Topliss-reactive ketones (excluding diaryl/α,β-unsaturated/α-hetero) is 1. The summed E-state index contributed by atoms with van der Waals surface area (Å²) < 4.78 is 35.5. The molecular weight excluding hydrogens is 415 g/mol. The van der Waals surface area contributed by atoms with E-state index >= 15 is 0 Å². The quantitative estimate of drug-likeness (QED) is 0.320. The lowest BCUT2D eigenvalue weighted by molar-refractivity contribution is 0.0734. The summed E-state index contributed by atoms with van der Waals surface area (Å²) in [6.45, 7) is 1.71. The maximum absolute atomic E-state index is 14.0. The second-order valence-electron chi connectivity index (χ2n) is 7.03. The zero-order valence-corrected chi connectivity index (χ0v) is 17.6. The lowest BCUT2D eigenvalue weighted by Crippen LogP contribution is -2.09. The molecule has 1 heterocycles. The summed E-state index contributed by atoms with van der Waals surface area (Å²) in [5.41, 5.74) is 1.41. The van der Waals surface area contributed by atoms with Crippen LogP contribution in [0, 0.1) is 12.7 Å². The van der Waals surface area contributed by atoms with Crippen molar-refractivity contribution in [3.8, 4) is 23.0 Å². The van der Waals surface area contributed by atoms with Gasteiger partial charge in [0.15, 0.2) is 17.3 Å². The summed E-state index contributed by atoms with van der Waals surface area (Å²) in [6, 6.07) is 13.8. The Morgan fingerprint density at radius 3 is 2.47 bits per heavy atom. The predicted molar refractivity (Wildman–Crippen MR) is 115 cm³/mol. The van der Waals surface area contributed by atoms with Crippen LogP contribution in [0.5, 0.6) is 23.0 Å². The summed E-state index contributed by atoms with van der Waals surface area (Å²) in [5.74, 6) is -0.114. The first kappa shape index (κ1) is 21.1. The first-order chi connectivity index (χ1) is 15.4. The fourth-order valence-electron chi connectivity index (χ4n) is 3.40. The van der Waals surface area contributed by atoms with Gasteiger partial charge in [0.2, 0.25) is 5.78 Å². The van der Waals surface area contributed by atoms with Gasteiger partial charge in [-0.3, -0.25) is 4.79 Å². The van der Waals surface area contributed by atoms with Gasteiger partial charge in [-0.05, 0) is 48.9 Å². The SMILES string of the molecule is COc1ccc(C(=O)Oc2cc(C)c3c(c2)O/C(=C\c2ccccc2F)C3=O)cc1OC. The third-order valence-corrected chi connectivity index (χ3v) is 4.97. The molecule has 162 valence electrons. The van der Waals surface area contributed by atoms with Gasteiger partial charge >= 0.3 is 5.97 Å². The molecule has 0 saturated carbocycles. The third kappa shape index (κ3) is 3.92. The van der Waals surface area contributed by atoms with Gasteiger partial charge in [-0.2, -0.15) is 0 Å². The van der Waals surface area contributed by atoms with Crippen LogP contribution in [-0.2, 0) is 0 Å². The van der Waals surface area contributed by atoms with Gasteiger partial charge in [0.25, 0.3) is 0 Å². The van der Waals surface area contributed by atoms with Crippen LogP contribution in [-0.4, -0.2) is 26.0 Å². The minimum absolute atomic E-state index is 0.00318. The lowest BCUT2D eigenvalue weighted by Gasteiger charge is -2.10. The second-order valence-corrected chi connectivity index (χ2v) is 7.03. The normalized spacial score (nSPS) is 13.5. The zero-order valence-electron chi connectivity index (χ0n) is 17.6. The number of benzene rings is 3. The molecule has 7 heteroatoms. The summed E-state index contributed by atoms with van der Waals surface area (Å²) >= 11 is 0. The van der Waals surface area contributed by atoms with Crippen LogP contribution < -0.4 is 18.9 Å². The topological polar surface area (TPSA) is 71.1 Å². The Morgan fingerprint density at radius 2 is 1.75 bits per heavy atom. The van der Waals surface area contributed by atoms with Gasteiger partial charge in [-0.25, -0.2) is 9.18 Å². The first-order valence-corrected chi connectivity index (χ1v) is 9.69. The Bertz CT molecular complexity index is 1260. The average Bonchev–Trinajstić information content (AvgIpc) is 3.10. The molecule has 0 saturated heterocycles. The molecule has 0 fully saturated rings. The van der Waals surface area contributed by atoms with Crippen LogP contribution in [0.1, 0.15) is 31.8 Å². The number of esters is 1. The van der Waals surface area contributed by atoms with Crippen molar-refractivity contribution < 1.29 is 32.9 Å². The molecule has 0 amide bonds. The molecule has 6 nitrogen and oxygen atoms in total. The summed E-state index contributed by atoms with van der Waals surface area (Å²) in [4.78, 5) is 25.4. The Kier molecular flexibility index (Phi) is 5.64. The first-order valence-electron chi connectivity index (χ1n) is 9.69. The number of fused-ring (bicyclic) bond motifs is 1. The molecule has 3 aromatic carbocycles. The van der Waals surface area contributed by atoms with E-state index in [0.29, 0.717) is 22.6 Å². The molecule has 0 aliphatic carbocycles. The number of methoxy groups -OCH3 is 2. The molecule has 32 heavy (non-hydrogen) atoms. The number of rotatable bonds is 5. The van der Waals surface area contributed by atoms with Crippen molar-refractivity contribution in [3.05, 3.63) is 88.4 Å². The molecule has 0 bridgehead atoms. The van der Waals surface area contributed by atoms with Crippen LogP contribution in [0.2, 0.25) is 0 Å². The van der Waals surface area contributed by atoms with Crippen LogP contribution in [0.4, 0.5) is 4.39 Å². The number of halogens is 1. The number of allylic oxidation sites excluding steroid dienone is 1. The van der Waals surface area contributed by atoms with Crippen LogP contribution in [0.15, 0.2) is 60.4 Å². The highest BCUT2D eigenvalue weighted by Gasteiger charge is 2.30. The largest absolute Gasteiger partial charge is 0.493 e. The maximum Gasteiger partial charge on any atom is 0.343 e. The number of ketones is 1. The maximum atomic E-state index is 14.0. The number of hydrogen-bond donors (Lipinski definition) is 0. The van der Waals surface area contributed by atoms with Gasteiger partial charge < -0.3 is 18.9 Å². The highest BCUT2D eigenvalue weighted by Crippen LogP contribution is 2.38. The van der Waals surface area contributed by atoms with E-state index in [1.807, 2.05) is 0 Å². The number of aryl methyl sites for hydroxylation is 1. The fourth-order valence-corrected chi connectivity index (χ4v) is 3.40. The van der Waals surface area contributed by atoms with Gasteiger partial charge in [-0.15, -0.1) is 0 Å². The van der Waals surface area contributed by atoms with E-state index < -0.39 is 11.8 Å². The second kappa shape index (κ2) is 8.55. The molecule has 1 aliphatic heterocycles. The molecule has 1 aliphatic rings. The number of carbonyl (C=O) groups excluding carboxylic acids is 2. The lowest BCUT2D eigenvalue weighted by atomic mass is 10.0. The van der Waals surface area contributed by atoms with E-state index in [1.54, 1.807) is 43.3 Å². The Labute approximate surface area is 183 Å². The number of carbonyl (C=O) groups is 2. The fraction of sp³-hybridized carbons (Fsp3) is 0.120. The smallest absolute Gasteiger partial charge is 0.343 e. The van der Waals surface area contributed by atoms with Crippen LogP contribution in [0.25, 0.3) is 6.08 Å². The van der Waals surface area contributed by atoms with Crippen molar-refractivity contribution >= 4 is 17.8 Å². The van der Waals surface area contributed by atoms with E-state index in [0.717, 1.165) is 0 Å². The summed E-state index contributed by atoms with van der Waals surface area (Å²) in [7, 11) is 2.97. The minimum atomic E-state index is -0.614. The third-order valence-electron chi connectivity index (χ3n) is 4.97. The zero-order chi connectivity index (χ0) is 22.8. The molecular formula is C25H19FO6. The average molecular weight is 434 g/mol. The van der Waals surface area contributed by atoms with Gasteiger partial charge in [0, 0.05) is 11.6 Å². The molecule has 3 aromatic rings. The van der Waals surface area contributed by atoms with Crippen molar-refractivity contribution in [1.82, 2.24) is 0 Å². The Hall–Kier alpha value is -4.13. The number of hydrogen-bond acceptors (Lipinski definition) is 6. The molecule has 0 unspecified atom stereocenters. The van der Waals surface area contributed by atoms with Crippen LogP contribution >= 0.6 is 0 Å². The van der Waals surface area contributed by atoms with E-state index in [-0.39, 0.29) is 34.2 Å². The molecule has 0 radical (unpaired) electrons. The van der Waals surface area contributed by atoms with Gasteiger partial charge in [0.1, 0.15) is 17.3 Å². The standard InChI is InChI=1S/C25H19FO6/c1-14-10-17(31-25(28)16-8-9-19(29-2)20(12-16)30-3)13-21-23(14)24(27)22(32-21)11-15-6-4-5-7-18(15)26/h4-13H,1-3H3/b22-11-. The van der Waals surface area contributed by atoms with Crippen molar-refractivity contribution in [2.75, 3.05) is 14.2 Å². The molecule has 0 aromatic heterocycles. The van der Waals surface area contributed by atoms with E-state index in [4.69, 9.17) is 18.9 Å². The van der Waals surface area contributed by atoms with E-state index in [2.05, 4.69) is 0 Å². The van der Waals surface area contributed by atoms with Crippen molar-refractivity contribution in [3.63, 3.8) is 0 Å². The van der Waals surface area contributed by atoms with Crippen molar-refractivity contribution in [2.24, 2.45) is 0 Å². The predicted octanol–water partition coefficient (Wildman–Crippen LogP) is 4.99. The molecule has 4 rings (SSSR count). The Balaban J connectivity index is 1.60. The van der Waals surface area contributed by atoms with Crippen molar-refractivity contribution in [1.29, 1.82) is 0 Å². The van der Waals surface area contributed by atoms with Crippen molar-refractivity contribution in [2.45, 2.75) is 6.92 Å². The molecule has 0 spiro atoms. The van der Waals surface area contributed by atoms with Gasteiger partial charge in [0.05, 0.1) is 25.3 Å². The summed E-state index contributed by atoms with van der Waals surface area (Å²) in [6.07, 6.45) is 1.35.